The summed E-state index contributed by atoms with van der Waals surface area (Å²) in [4.78, 5) is 12.8. The zero-order valence-electron chi connectivity index (χ0n) is 15.8. The molecule has 136 valence electrons. The second-order valence-electron chi connectivity index (χ2n) is 8.01. The topological polar surface area (TPSA) is 73.0 Å². The summed E-state index contributed by atoms with van der Waals surface area (Å²) in [5.41, 5.74) is 2.63. The van der Waals surface area contributed by atoms with Crippen molar-refractivity contribution in [3.05, 3.63) is 35.0 Å². The van der Waals surface area contributed by atoms with Crippen LogP contribution in [0.5, 0.6) is 0 Å². The number of carbonyl (C=O) groups is 1. The van der Waals surface area contributed by atoms with Crippen LogP contribution in [0.4, 0.5) is 0 Å². The van der Waals surface area contributed by atoms with Gasteiger partial charge in [-0.3, -0.25) is 9.48 Å². The van der Waals surface area contributed by atoms with E-state index < -0.39 is 0 Å². The van der Waals surface area contributed by atoms with Crippen LogP contribution in [0.2, 0.25) is 0 Å². The van der Waals surface area contributed by atoms with E-state index in [4.69, 9.17) is 4.52 Å². The molecule has 25 heavy (non-hydrogen) atoms. The summed E-state index contributed by atoms with van der Waals surface area (Å²) in [5.74, 6) is 1.23. The van der Waals surface area contributed by atoms with E-state index in [9.17, 15) is 4.79 Å². The van der Waals surface area contributed by atoms with Crippen molar-refractivity contribution in [1.29, 1.82) is 0 Å². The largest absolute Gasteiger partial charge is 0.360 e. The van der Waals surface area contributed by atoms with Crippen molar-refractivity contribution in [3.63, 3.8) is 0 Å². The first-order valence-electron chi connectivity index (χ1n) is 9.11. The van der Waals surface area contributed by atoms with Crippen LogP contribution in [0.3, 0.4) is 0 Å². The average molecular weight is 344 g/mol. The van der Waals surface area contributed by atoms with Crippen LogP contribution in [0, 0.1) is 11.3 Å². The van der Waals surface area contributed by atoms with Crippen molar-refractivity contribution in [2.75, 3.05) is 0 Å². The monoisotopic (exact) mass is 344 g/mol. The lowest BCUT2D eigenvalue weighted by molar-refractivity contribution is 0.0927. The molecule has 2 aromatic rings. The fourth-order valence-electron chi connectivity index (χ4n) is 3.64. The van der Waals surface area contributed by atoms with Gasteiger partial charge in [0.05, 0.1) is 11.7 Å². The minimum atomic E-state index is -0.170. The maximum Gasteiger partial charge on any atom is 0.274 e. The van der Waals surface area contributed by atoms with Crippen molar-refractivity contribution in [3.8, 4) is 0 Å². The highest BCUT2D eigenvalue weighted by Crippen LogP contribution is 2.38. The Hall–Kier alpha value is -2.11. The fraction of sp³-hybridized carbons (Fsp3) is 0.632. The third-order valence-electron chi connectivity index (χ3n) is 5.32. The number of aromatic nitrogens is 3. The zero-order valence-corrected chi connectivity index (χ0v) is 15.8. The van der Waals surface area contributed by atoms with Crippen molar-refractivity contribution in [2.24, 2.45) is 11.3 Å². The average Bonchev–Trinajstić information content (AvgIpc) is 3.19. The molecule has 1 N–H and O–H groups in total. The molecule has 1 amide bonds. The summed E-state index contributed by atoms with van der Waals surface area (Å²) in [6, 6.07) is 1.80. The normalized spacial score (nSPS) is 18.7. The van der Waals surface area contributed by atoms with Gasteiger partial charge in [0.2, 0.25) is 0 Å². The molecule has 3 rings (SSSR count). The quantitative estimate of drug-likeness (QED) is 0.921. The number of nitrogens with one attached hydrogen (secondary N) is 1. The number of rotatable bonds is 4. The van der Waals surface area contributed by atoms with Gasteiger partial charge in [0.15, 0.2) is 5.69 Å². The SMILES string of the molecule is CCn1nccc1[C@@H](C)NC(=O)c1noc2c1C[C@H](C(C)(C)C)CC2. The van der Waals surface area contributed by atoms with Gasteiger partial charge in [-0.05, 0) is 44.1 Å². The van der Waals surface area contributed by atoms with E-state index in [-0.39, 0.29) is 17.4 Å². The van der Waals surface area contributed by atoms with Crippen LogP contribution in [0.1, 0.15) is 74.6 Å². The van der Waals surface area contributed by atoms with E-state index in [0.717, 1.165) is 42.8 Å². The van der Waals surface area contributed by atoms with E-state index in [1.165, 1.54) is 0 Å². The number of hydrogen-bond donors (Lipinski definition) is 1. The van der Waals surface area contributed by atoms with E-state index in [2.05, 4.69) is 36.3 Å². The molecule has 0 unspecified atom stereocenters. The molecule has 0 spiro atoms. The van der Waals surface area contributed by atoms with E-state index in [1.807, 2.05) is 24.6 Å². The molecule has 6 heteroatoms. The molecule has 0 fully saturated rings. The van der Waals surface area contributed by atoms with Crippen molar-refractivity contribution in [2.45, 2.75) is 66.5 Å². The Morgan fingerprint density at radius 2 is 2.24 bits per heavy atom. The number of nitrogens with zero attached hydrogens (tertiary/aromatic N) is 3. The highest BCUT2D eigenvalue weighted by molar-refractivity contribution is 5.94. The molecular weight excluding hydrogens is 316 g/mol. The highest BCUT2D eigenvalue weighted by Gasteiger charge is 2.34. The van der Waals surface area contributed by atoms with Gasteiger partial charge >= 0.3 is 0 Å². The van der Waals surface area contributed by atoms with Gasteiger partial charge in [-0.25, -0.2) is 0 Å². The highest BCUT2D eigenvalue weighted by atomic mass is 16.5. The van der Waals surface area contributed by atoms with Crippen LogP contribution < -0.4 is 5.32 Å². The summed E-state index contributed by atoms with van der Waals surface area (Å²) in [7, 11) is 0. The summed E-state index contributed by atoms with van der Waals surface area (Å²) < 4.78 is 7.35. The number of hydrogen-bond acceptors (Lipinski definition) is 4. The predicted octanol–water partition coefficient (Wildman–Crippen LogP) is 3.53. The second kappa shape index (κ2) is 6.65. The van der Waals surface area contributed by atoms with Gasteiger partial charge in [0.1, 0.15) is 5.76 Å². The number of carbonyl (C=O) groups excluding carboxylic acids is 1. The van der Waals surface area contributed by atoms with Crippen LogP contribution in [0.15, 0.2) is 16.8 Å². The molecule has 2 atom stereocenters. The summed E-state index contributed by atoms with van der Waals surface area (Å²) in [5, 5.41) is 11.4. The molecule has 0 bridgehead atoms. The molecule has 1 aliphatic rings. The molecule has 1 aliphatic carbocycles. The van der Waals surface area contributed by atoms with Gasteiger partial charge in [0.25, 0.3) is 5.91 Å². The van der Waals surface area contributed by atoms with Gasteiger partial charge in [0, 0.05) is 24.7 Å². The molecule has 2 heterocycles. The van der Waals surface area contributed by atoms with Crippen molar-refractivity contribution in [1.82, 2.24) is 20.3 Å². The van der Waals surface area contributed by atoms with Gasteiger partial charge in [-0.2, -0.15) is 5.10 Å². The Balaban J connectivity index is 1.77. The van der Waals surface area contributed by atoms with Crippen molar-refractivity contribution >= 4 is 5.91 Å². The van der Waals surface area contributed by atoms with Gasteiger partial charge in [-0.15, -0.1) is 0 Å². The number of amides is 1. The molecule has 2 aromatic heterocycles. The maximum atomic E-state index is 12.8. The smallest absolute Gasteiger partial charge is 0.274 e. The minimum Gasteiger partial charge on any atom is -0.360 e. The Morgan fingerprint density at radius 1 is 1.48 bits per heavy atom. The van der Waals surface area contributed by atoms with Gasteiger partial charge < -0.3 is 9.84 Å². The Kier molecular flexibility index (Phi) is 4.71. The first kappa shape index (κ1) is 17.7. The standard InChI is InChI=1S/C19H28N4O2/c1-6-23-15(9-10-20-23)12(2)21-18(24)17-14-11-13(19(3,4)5)7-8-16(14)25-22-17/h9-10,12-13H,6-8,11H2,1-5H3,(H,21,24)/t12-,13-/m1/s1. The summed E-state index contributed by atoms with van der Waals surface area (Å²) >= 11 is 0. The van der Waals surface area contributed by atoms with E-state index in [1.54, 1.807) is 6.20 Å². The van der Waals surface area contributed by atoms with E-state index in [0.29, 0.717) is 11.6 Å². The van der Waals surface area contributed by atoms with Crippen molar-refractivity contribution < 1.29 is 9.32 Å². The lowest BCUT2D eigenvalue weighted by atomic mass is 9.71. The van der Waals surface area contributed by atoms with Crippen LogP contribution in [0.25, 0.3) is 0 Å². The molecule has 0 aromatic carbocycles. The Morgan fingerprint density at radius 3 is 2.92 bits per heavy atom. The molecule has 0 radical (unpaired) electrons. The zero-order chi connectivity index (χ0) is 18.2. The van der Waals surface area contributed by atoms with E-state index >= 15 is 0 Å². The Labute approximate surface area is 149 Å². The summed E-state index contributed by atoms with van der Waals surface area (Å²) in [6.45, 7) is 11.5. The Bertz CT molecular complexity index is 754. The molecular formula is C19H28N4O2. The third kappa shape index (κ3) is 3.48. The molecule has 0 saturated carbocycles. The molecule has 6 nitrogen and oxygen atoms in total. The fourth-order valence-corrected chi connectivity index (χ4v) is 3.64. The maximum absolute atomic E-state index is 12.8. The van der Waals surface area contributed by atoms with Crippen LogP contribution >= 0.6 is 0 Å². The second-order valence-corrected chi connectivity index (χ2v) is 8.01. The predicted molar refractivity (Wildman–Crippen MR) is 95.3 cm³/mol. The molecule has 0 aliphatic heterocycles. The first-order chi connectivity index (χ1) is 11.8. The molecule has 0 saturated heterocycles. The lowest BCUT2D eigenvalue weighted by Crippen LogP contribution is -2.31. The van der Waals surface area contributed by atoms with Crippen LogP contribution in [-0.2, 0) is 19.4 Å². The third-order valence-corrected chi connectivity index (χ3v) is 5.32. The van der Waals surface area contributed by atoms with Gasteiger partial charge in [-0.1, -0.05) is 25.9 Å². The van der Waals surface area contributed by atoms with Crippen LogP contribution in [-0.4, -0.2) is 20.8 Å². The minimum absolute atomic E-state index is 0.135. The summed E-state index contributed by atoms with van der Waals surface area (Å²) in [6.07, 6.45) is 4.55. The number of aryl methyl sites for hydroxylation is 2. The first-order valence-corrected chi connectivity index (χ1v) is 9.11. The lowest BCUT2D eigenvalue weighted by Gasteiger charge is -2.33. The number of fused-ring (bicyclic) bond motifs is 1.